The van der Waals surface area contributed by atoms with Gasteiger partial charge in [0.25, 0.3) is 0 Å². The lowest BCUT2D eigenvalue weighted by atomic mass is 9.87. The quantitative estimate of drug-likeness (QED) is 0.300. The predicted molar refractivity (Wildman–Crippen MR) is 130 cm³/mol. The Morgan fingerprint density at radius 2 is 1.81 bits per heavy atom. The van der Waals surface area contributed by atoms with Gasteiger partial charge in [-0.2, -0.15) is 5.26 Å². The number of aliphatic hydroxyl groups is 2. The molecular weight excluding hydrogens is 406 g/mol. The van der Waals surface area contributed by atoms with Crippen molar-refractivity contribution in [3.8, 4) is 23.7 Å². The first-order valence-electron chi connectivity index (χ1n) is 10.8. The number of hydrogen-bond donors (Lipinski definition) is 2. The number of benzene rings is 1. The van der Waals surface area contributed by atoms with Crippen molar-refractivity contribution in [1.82, 2.24) is 4.90 Å². The second-order valence-electron chi connectivity index (χ2n) is 6.63. The van der Waals surface area contributed by atoms with Crippen molar-refractivity contribution in [1.29, 1.82) is 5.26 Å². The van der Waals surface area contributed by atoms with Gasteiger partial charge < -0.3 is 24.6 Å². The van der Waals surface area contributed by atoms with E-state index in [0.29, 0.717) is 24.3 Å². The zero-order chi connectivity index (χ0) is 24.8. The van der Waals surface area contributed by atoms with Gasteiger partial charge in [0.2, 0.25) is 0 Å². The maximum atomic E-state index is 11.9. The highest BCUT2D eigenvalue weighted by Gasteiger charge is 2.43. The minimum Gasteiger partial charge on any atom is -0.496 e. The second kappa shape index (κ2) is 20.1. The lowest BCUT2D eigenvalue weighted by Crippen LogP contribution is -2.42. The van der Waals surface area contributed by atoms with Gasteiger partial charge in [-0.3, -0.25) is 4.99 Å². The number of likely N-dealkylation sites (tertiary alicyclic amines) is 1. The van der Waals surface area contributed by atoms with Crippen LogP contribution in [0.5, 0.6) is 5.75 Å². The Morgan fingerprint density at radius 1 is 1.22 bits per heavy atom. The normalized spacial score (nSPS) is 16.0. The highest BCUT2D eigenvalue weighted by atomic mass is 16.5. The number of aldehydes is 1. The van der Waals surface area contributed by atoms with Crippen LogP contribution < -0.4 is 4.74 Å². The molecule has 1 aromatic rings. The topological polar surface area (TPSA) is 106 Å². The summed E-state index contributed by atoms with van der Waals surface area (Å²) in [5.41, 5.74) is 0.556. The molecule has 1 heterocycles. The zero-order valence-electron chi connectivity index (χ0n) is 20.4. The van der Waals surface area contributed by atoms with Gasteiger partial charge in [-0.15, -0.1) is 11.8 Å². The number of nitriles is 1. The van der Waals surface area contributed by atoms with Crippen LogP contribution in [0.3, 0.4) is 0 Å². The van der Waals surface area contributed by atoms with Gasteiger partial charge >= 0.3 is 0 Å². The van der Waals surface area contributed by atoms with E-state index in [1.54, 1.807) is 25.6 Å². The number of rotatable bonds is 6. The van der Waals surface area contributed by atoms with E-state index >= 15 is 0 Å². The SMILES string of the molecule is CC#CC.CCC.CCN=CN1CCCC1(C=O)c1ccc(C#N)cc1OC.OCCO. The minimum atomic E-state index is -0.752. The first-order chi connectivity index (χ1) is 15.5. The molecule has 1 saturated heterocycles. The molecule has 0 spiro atoms. The molecule has 32 heavy (non-hydrogen) atoms. The third-order valence-corrected chi connectivity index (χ3v) is 4.22. The summed E-state index contributed by atoms with van der Waals surface area (Å²) < 4.78 is 5.40. The Morgan fingerprint density at radius 3 is 2.22 bits per heavy atom. The van der Waals surface area contributed by atoms with E-state index in [0.717, 1.165) is 24.8 Å². The van der Waals surface area contributed by atoms with Crippen molar-refractivity contribution in [2.75, 3.05) is 33.4 Å². The summed E-state index contributed by atoms with van der Waals surface area (Å²) in [6.07, 6.45) is 5.59. The van der Waals surface area contributed by atoms with Crippen molar-refractivity contribution in [2.24, 2.45) is 4.99 Å². The molecule has 0 amide bonds. The van der Waals surface area contributed by atoms with Gasteiger partial charge in [0.15, 0.2) is 0 Å². The number of aliphatic imine (C=N–C) groups is 1. The lowest BCUT2D eigenvalue weighted by Gasteiger charge is -2.33. The molecule has 178 valence electrons. The highest BCUT2D eigenvalue weighted by Crippen LogP contribution is 2.41. The maximum Gasteiger partial charge on any atom is 0.150 e. The molecular formula is C25H39N3O4. The summed E-state index contributed by atoms with van der Waals surface area (Å²) >= 11 is 0. The van der Waals surface area contributed by atoms with E-state index in [4.69, 9.17) is 20.2 Å². The van der Waals surface area contributed by atoms with Gasteiger partial charge in [-0.25, -0.2) is 0 Å². The van der Waals surface area contributed by atoms with Crippen LogP contribution in [-0.4, -0.2) is 61.2 Å². The minimum absolute atomic E-state index is 0.125. The number of carbonyl (C=O) groups excluding carboxylic acids is 1. The molecule has 1 aliphatic heterocycles. The third-order valence-electron chi connectivity index (χ3n) is 4.22. The summed E-state index contributed by atoms with van der Waals surface area (Å²) in [7, 11) is 1.55. The second-order valence-corrected chi connectivity index (χ2v) is 6.63. The van der Waals surface area contributed by atoms with Crippen molar-refractivity contribution >= 4 is 12.6 Å². The molecule has 2 rings (SSSR count). The Bertz CT molecular complexity index is 755. The number of aliphatic hydroxyl groups excluding tert-OH is 2. The third kappa shape index (κ3) is 10.4. The fraction of sp³-hybridized carbons (Fsp3) is 0.560. The van der Waals surface area contributed by atoms with E-state index in [2.05, 4.69) is 36.7 Å². The summed E-state index contributed by atoms with van der Waals surface area (Å²) in [4.78, 5) is 18.1. The van der Waals surface area contributed by atoms with Crippen LogP contribution in [0.15, 0.2) is 23.2 Å². The van der Waals surface area contributed by atoms with Crippen LogP contribution >= 0.6 is 0 Å². The monoisotopic (exact) mass is 445 g/mol. The van der Waals surface area contributed by atoms with E-state index in [1.165, 1.54) is 6.42 Å². The van der Waals surface area contributed by atoms with Gasteiger partial charge in [0.05, 0.1) is 38.3 Å². The number of nitrogens with zero attached hydrogens (tertiary/aromatic N) is 3. The van der Waals surface area contributed by atoms with Crippen LogP contribution in [0.2, 0.25) is 0 Å². The average molecular weight is 446 g/mol. The van der Waals surface area contributed by atoms with Crippen molar-refractivity contribution in [3.63, 3.8) is 0 Å². The zero-order valence-corrected chi connectivity index (χ0v) is 20.4. The summed E-state index contributed by atoms with van der Waals surface area (Å²) in [5.74, 6) is 5.93. The van der Waals surface area contributed by atoms with E-state index in [1.807, 2.05) is 31.7 Å². The number of ether oxygens (including phenoxy) is 1. The molecule has 0 aromatic heterocycles. The molecule has 0 saturated carbocycles. The fourth-order valence-electron chi connectivity index (χ4n) is 2.80. The molecule has 1 unspecified atom stereocenters. The van der Waals surface area contributed by atoms with Gasteiger partial charge in [-0.05, 0) is 45.7 Å². The summed E-state index contributed by atoms with van der Waals surface area (Å²) in [5, 5.41) is 24.2. The van der Waals surface area contributed by atoms with Crippen molar-refractivity contribution < 1.29 is 19.7 Å². The summed E-state index contributed by atoms with van der Waals surface area (Å²) in [6.45, 7) is 11.1. The number of methoxy groups -OCH3 is 1. The predicted octanol–water partition coefficient (Wildman–Crippen LogP) is 3.52. The number of carbonyl (C=O) groups is 1. The molecule has 0 radical (unpaired) electrons. The van der Waals surface area contributed by atoms with Crippen LogP contribution in [0.25, 0.3) is 0 Å². The largest absolute Gasteiger partial charge is 0.496 e. The molecule has 0 bridgehead atoms. The van der Waals surface area contributed by atoms with E-state index in [-0.39, 0.29) is 13.2 Å². The molecule has 1 fully saturated rings. The van der Waals surface area contributed by atoms with Crippen molar-refractivity contribution in [2.45, 2.75) is 59.4 Å². The summed E-state index contributed by atoms with van der Waals surface area (Å²) in [6, 6.07) is 7.29. The average Bonchev–Trinajstić information content (AvgIpc) is 3.26. The van der Waals surface area contributed by atoms with Crippen LogP contribution in [0, 0.1) is 23.2 Å². The Balaban J connectivity index is 0. The Kier molecular flexibility index (Phi) is 19.6. The molecule has 7 heteroatoms. The Labute approximate surface area is 193 Å². The Hall–Kier alpha value is -2.87. The van der Waals surface area contributed by atoms with E-state index < -0.39 is 5.54 Å². The first-order valence-corrected chi connectivity index (χ1v) is 10.8. The van der Waals surface area contributed by atoms with Crippen LogP contribution in [-0.2, 0) is 10.3 Å². The molecule has 1 aliphatic rings. The molecule has 2 N–H and O–H groups in total. The molecule has 0 aliphatic carbocycles. The maximum absolute atomic E-state index is 11.9. The van der Waals surface area contributed by atoms with Crippen LogP contribution in [0.1, 0.15) is 65.0 Å². The first kappa shape index (κ1) is 31.3. The van der Waals surface area contributed by atoms with Crippen LogP contribution in [0.4, 0.5) is 0 Å². The lowest BCUT2D eigenvalue weighted by molar-refractivity contribution is -0.115. The van der Waals surface area contributed by atoms with Gasteiger partial charge in [0, 0.05) is 18.7 Å². The molecule has 1 aromatic carbocycles. The standard InChI is InChI=1S/C16H19N3O2.C4H6.C3H8.C2H6O2/c1-3-18-12-19-8-4-7-16(19,11-20)14-6-5-13(10-17)9-15(14)21-2;1-3-4-2;1-3-2;3-1-2-4/h5-6,9,11-12H,3-4,7-8H2,1-2H3;1-2H3;3H2,1-2H3;3-4H,1-2H2. The fourth-order valence-corrected chi connectivity index (χ4v) is 2.80. The van der Waals surface area contributed by atoms with E-state index in [9.17, 15) is 4.79 Å². The smallest absolute Gasteiger partial charge is 0.150 e. The number of hydrogen-bond acceptors (Lipinski definition) is 6. The molecule has 1 atom stereocenters. The van der Waals surface area contributed by atoms with Crippen molar-refractivity contribution in [3.05, 3.63) is 29.3 Å². The van der Waals surface area contributed by atoms with Gasteiger partial charge in [0.1, 0.15) is 17.6 Å². The molecule has 7 nitrogen and oxygen atoms in total. The van der Waals surface area contributed by atoms with Gasteiger partial charge in [-0.1, -0.05) is 26.3 Å². The highest BCUT2D eigenvalue weighted by molar-refractivity contribution is 5.76.